The molecular formula is C15H15N3O2S. The largest absolute Gasteiger partial charge is 0.338 e. The van der Waals surface area contributed by atoms with Gasteiger partial charge in [-0.3, -0.25) is 9.78 Å². The molecule has 3 aromatic heterocycles. The van der Waals surface area contributed by atoms with Gasteiger partial charge in [0, 0.05) is 18.2 Å². The first kappa shape index (κ1) is 13.9. The molecule has 0 spiro atoms. The molecule has 0 unspecified atom stereocenters. The molecular weight excluding hydrogens is 286 g/mol. The van der Waals surface area contributed by atoms with Gasteiger partial charge >= 0.3 is 0 Å². The van der Waals surface area contributed by atoms with Crippen LogP contribution in [0, 0.1) is 5.92 Å². The van der Waals surface area contributed by atoms with Crippen LogP contribution in [0.5, 0.6) is 0 Å². The van der Waals surface area contributed by atoms with E-state index in [0.29, 0.717) is 24.1 Å². The third-order valence-electron chi connectivity index (χ3n) is 3.01. The molecule has 0 saturated carbocycles. The highest BCUT2D eigenvalue weighted by molar-refractivity contribution is 7.17. The Morgan fingerprint density at radius 1 is 1.43 bits per heavy atom. The van der Waals surface area contributed by atoms with Crippen molar-refractivity contribution in [2.24, 2.45) is 5.92 Å². The van der Waals surface area contributed by atoms with Gasteiger partial charge in [0.15, 0.2) is 0 Å². The van der Waals surface area contributed by atoms with Crippen LogP contribution in [0.15, 0.2) is 28.2 Å². The van der Waals surface area contributed by atoms with Crippen molar-refractivity contribution < 1.29 is 9.32 Å². The lowest BCUT2D eigenvalue weighted by Gasteiger charge is -2.00. The Balaban J connectivity index is 1.79. The van der Waals surface area contributed by atoms with Crippen LogP contribution in [0.4, 0.5) is 0 Å². The van der Waals surface area contributed by atoms with E-state index >= 15 is 0 Å². The summed E-state index contributed by atoms with van der Waals surface area (Å²) in [5.74, 6) is 1.30. The number of aromatic nitrogens is 3. The average Bonchev–Trinajstić information content (AvgIpc) is 3.04. The van der Waals surface area contributed by atoms with Crippen LogP contribution in [-0.2, 0) is 11.2 Å². The zero-order valence-corrected chi connectivity index (χ0v) is 12.7. The Labute approximate surface area is 126 Å². The minimum absolute atomic E-state index is 0.118. The molecule has 5 nitrogen and oxygen atoms in total. The summed E-state index contributed by atoms with van der Waals surface area (Å²) in [6, 6.07) is 3.95. The number of carbonyl (C=O) groups is 1. The highest BCUT2D eigenvalue weighted by atomic mass is 32.1. The Hall–Kier alpha value is -2.08. The Kier molecular flexibility index (Phi) is 3.79. The second-order valence-electron chi connectivity index (χ2n) is 5.35. The van der Waals surface area contributed by atoms with E-state index in [9.17, 15) is 4.79 Å². The standard InChI is InChI=1S/C15H15N3O2S/c1-9(2)5-11(19)7-14-17-15(18-20-14)10-6-13-12(16-8-10)3-4-21-13/h3-4,6,8-9H,5,7H2,1-2H3. The molecule has 0 aliphatic carbocycles. The SMILES string of the molecule is CC(C)CC(=O)Cc1nc(-c2cnc3ccsc3c2)no1. The number of nitrogens with zero attached hydrogens (tertiary/aromatic N) is 3. The second-order valence-corrected chi connectivity index (χ2v) is 6.30. The van der Waals surface area contributed by atoms with Crippen molar-refractivity contribution in [1.29, 1.82) is 0 Å². The molecule has 6 heteroatoms. The molecule has 0 aliphatic rings. The third-order valence-corrected chi connectivity index (χ3v) is 3.87. The fraction of sp³-hybridized carbons (Fsp3) is 0.333. The second kappa shape index (κ2) is 5.73. The lowest BCUT2D eigenvalue weighted by molar-refractivity contribution is -0.119. The molecule has 0 aromatic carbocycles. The van der Waals surface area contributed by atoms with Crippen molar-refractivity contribution in [1.82, 2.24) is 15.1 Å². The first-order chi connectivity index (χ1) is 10.1. The number of hydrogen-bond donors (Lipinski definition) is 0. The number of ketones is 1. The van der Waals surface area contributed by atoms with Gasteiger partial charge in [-0.15, -0.1) is 11.3 Å². The molecule has 108 valence electrons. The average molecular weight is 301 g/mol. The molecule has 0 saturated heterocycles. The topological polar surface area (TPSA) is 68.9 Å². The van der Waals surface area contributed by atoms with Crippen LogP contribution in [0.2, 0.25) is 0 Å². The fourth-order valence-corrected chi connectivity index (χ4v) is 2.89. The predicted molar refractivity (Wildman–Crippen MR) is 81.1 cm³/mol. The van der Waals surface area contributed by atoms with Crippen molar-refractivity contribution in [2.75, 3.05) is 0 Å². The summed E-state index contributed by atoms with van der Waals surface area (Å²) in [4.78, 5) is 20.4. The van der Waals surface area contributed by atoms with Crippen LogP contribution >= 0.6 is 11.3 Å². The van der Waals surface area contributed by atoms with Gasteiger partial charge < -0.3 is 4.52 Å². The Bertz CT molecular complexity index is 776. The molecule has 3 aromatic rings. The molecule has 0 atom stereocenters. The minimum atomic E-state index is 0.118. The summed E-state index contributed by atoms with van der Waals surface area (Å²) < 4.78 is 6.24. The summed E-state index contributed by atoms with van der Waals surface area (Å²) in [6.45, 7) is 4.03. The van der Waals surface area contributed by atoms with Crippen molar-refractivity contribution in [3.05, 3.63) is 29.6 Å². The Morgan fingerprint density at radius 2 is 2.29 bits per heavy atom. The van der Waals surface area contributed by atoms with Gasteiger partial charge in [0.05, 0.1) is 16.6 Å². The van der Waals surface area contributed by atoms with E-state index in [2.05, 4.69) is 15.1 Å². The summed E-state index contributed by atoms with van der Waals surface area (Å²) in [5, 5.41) is 5.93. The highest BCUT2D eigenvalue weighted by Gasteiger charge is 2.14. The van der Waals surface area contributed by atoms with Gasteiger partial charge in [-0.2, -0.15) is 4.98 Å². The number of carbonyl (C=O) groups excluding carboxylic acids is 1. The lowest BCUT2D eigenvalue weighted by Crippen LogP contribution is -2.06. The summed E-state index contributed by atoms with van der Waals surface area (Å²) in [7, 11) is 0. The molecule has 0 amide bonds. The van der Waals surface area contributed by atoms with Gasteiger partial charge in [-0.25, -0.2) is 0 Å². The quantitative estimate of drug-likeness (QED) is 0.721. The summed E-state index contributed by atoms with van der Waals surface area (Å²) in [6.07, 6.45) is 2.44. The molecule has 0 bridgehead atoms. The van der Waals surface area contributed by atoms with Gasteiger partial charge in [-0.1, -0.05) is 19.0 Å². The fourth-order valence-electron chi connectivity index (χ4n) is 2.11. The van der Waals surface area contributed by atoms with Gasteiger partial charge in [-0.05, 0) is 23.4 Å². The molecule has 0 N–H and O–H groups in total. The number of thiophene rings is 1. The van der Waals surface area contributed by atoms with Crippen LogP contribution in [0.25, 0.3) is 21.6 Å². The van der Waals surface area contributed by atoms with Crippen LogP contribution in [0.3, 0.4) is 0 Å². The third kappa shape index (κ3) is 3.16. The van der Waals surface area contributed by atoms with E-state index in [4.69, 9.17) is 4.52 Å². The van der Waals surface area contributed by atoms with E-state index in [-0.39, 0.29) is 12.2 Å². The maximum absolute atomic E-state index is 11.8. The normalized spacial score (nSPS) is 11.4. The molecule has 0 radical (unpaired) electrons. The zero-order chi connectivity index (χ0) is 14.8. The molecule has 21 heavy (non-hydrogen) atoms. The maximum Gasteiger partial charge on any atom is 0.234 e. The number of hydrogen-bond acceptors (Lipinski definition) is 6. The van der Waals surface area contributed by atoms with Crippen LogP contribution in [-0.4, -0.2) is 20.9 Å². The Morgan fingerprint density at radius 3 is 3.10 bits per heavy atom. The number of Topliss-reactive ketones (excluding diaryl/α,β-unsaturated/α-hetero) is 1. The van der Waals surface area contributed by atoms with Crippen molar-refractivity contribution >= 4 is 27.3 Å². The van der Waals surface area contributed by atoms with Crippen LogP contribution < -0.4 is 0 Å². The van der Waals surface area contributed by atoms with Crippen molar-refractivity contribution in [2.45, 2.75) is 26.7 Å². The lowest BCUT2D eigenvalue weighted by atomic mass is 10.1. The van der Waals surface area contributed by atoms with Gasteiger partial charge in [0.25, 0.3) is 0 Å². The number of pyridine rings is 1. The molecule has 0 aliphatic heterocycles. The highest BCUT2D eigenvalue weighted by Crippen LogP contribution is 2.24. The van der Waals surface area contributed by atoms with E-state index in [1.165, 1.54) is 0 Å². The molecule has 3 heterocycles. The van der Waals surface area contributed by atoms with Crippen molar-refractivity contribution in [3.8, 4) is 11.4 Å². The van der Waals surface area contributed by atoms with E-state index in [0.717, 1.165) is 15.8 Å². The number of rotatable bonds is 5. The first-order valence-electron chi connectivity index (χ1n) is 6.79. The van der Waals surface area contributed by atoms with E-state index in [1.807, 2.05) is 31.4 Å². The number of fused-ring (bicyclic) bond motifs is 1. The molecule has 3 rings (SSSR count). The summed E-state index contributed by atoms with van der Waals surface area (Å²) >= 11 is 1.62. The smallest absolute Gasteiger partial charge is 0.234 e. The maximum atomic E-state index is 11.8. The monoisotopic (exact) mass is 301 g/mol. The minimum Gasteiger partial charge on any atom is -0.338 e. The van der Waals surface area contributed by atoms with Gasteiger partial charge in [0.1, 0.15) is 5.78 Å². The predicted octanol–water partition coefficient (Wildman–Crippen LogP) is 3.50. The summed E-state index contributed by atoms with van der Waals surface area (Å²) in [5.41, 5.74) is 1.76. The van der Waals surface area contributed by atoms with Crippen LogP contribution in [0.1, 0.15) is 26.2 Å². The van der Waals surface area contributed by atoms with E-state index in [1.54, 1.807) is 17.5 Å². The molecule has 0 fully saturated rings. The van der Waals surface area contributed by atoms with Gasteiger partial charge in [0.2, 0.25) is 11.7 Å². The van der Waals surface area contributed by atoms with Crippen molar-refractivity contribution in [3.63, 3.8) is 0 Å². The van der Waals surface area contributed by atoms with E-state index < -0.39 is 0 Å². The zero-order valence-electron chi connectivity index (χ0n) is 11.9. The first-order valence-corrected chi connectivity index (χ1v) is 7.67.